The van der Waals surface area contributed by atoms with Crippen molar-refractivity contribution < 1.29 is 19.4 Å². The van der Waals surface area contributed by atoms with E-state index in [4.69, 9.17) is 26.2 Å². The van der Waals surface area contributed by atoms with E-state index < -0.39 is 5.97 Å². The first-order valence-corrected chi connectivity index (χ1v) is 7.82. The molecule has 2 aromatic rings. The highest BCUT2D eigenvalue weighted by Crippen LogP contribution is 2.24. The summed E-state index contributed by atoms with van der Waals surface area (Å²) in [4.78, 5) is 19.2. The lowest BCUT2D eigenvalue weighted by Gasteiger charge is -2.32. The van der Waals surface area contributed by atoms with Gasteiger partial charge in [0.2, 0.25) is 5.88 Å². The number of nitrogens with one attached hydrogen (secondary N) is 1. The molecule has 0 bridgehead atoms. The van der Waals surface area contributed by atoms with Gasteiger partial charge in [-0.15, -0.1) is 0 Å². The number of hydrogen-bond donors (Lipinski definition) is 2. The molecule has 0 radical (unpaired) electrons. The van der Waals surface area contributed by atoms with Gasteiger partial charge in [-0.25, -0.2) is 14.8 Å². The third kappa shape index (κ3) is 3.93. The van der Waals surface area contributed by atoms with Crippen LogP contribution in [-0.4, -0.2) is 46.4 Å². The molecule has 0 spiro atoms. The molecular weight excluding hydrogens is 334 g/mol. The van der Waals surface area contributed by atoms with Crippen molar-refractivity contribution in [2.24, 2.45) is 0 Å². The van der Waals surface area contributed by atoms with Crippen LogP contribution in [0.25, 0.3) is 0 Å². The predicted molar refractivity (Wildman–Crippen MR) is 87.7 cm³/mol. The monoisotopic (exact) mass is 349 g/mol. The molecule has 3 rings (SSSR count). The van der Waals surface area contributed by atoms with Crippen LogP contribution in [0, 0.1) is 0 Å². The molecule has 2 N–H and O–H groups in total. The molecule has 1 saturated heterocycles. The number of halogens is 1. The first kappa shape index (κ1) is 16.5. The van der Waals surface area contributed by atoms with Gasteiger partial charge >= 0.3 is 5.97 Å². The Kier molecular flexibility index (Phi) is 5.12. The van der Waals surface area contributed by atoms with Gasteiger partial charge in [-0.2, -0.15) is 0 Å². The number of aromatic nitrogens is 2. The maximum Gasteiger partial charge on any atom is 0.337 e. The molecule has 24 heavy (non-hydrogen) atoms. The summed E-state index contributed by atoms with van der Waals surface area (Å²) < 4.78 is 11.4. The van der Waals surface area contributed by atoms with Crippen LogP contribution in [0.3, 0.4) is 0 Å². The van der Waals surface area contributed by atoms with E-state index in [1.54, 1.807) is 12.3 Å². The zero-order valence-electron chi connectivity index (χ0n) is 12.7. The van der Waals surface area contributed by atoms with Crippen LogP contribution in [0.15, 0.2) is 36.7 Å². The lowest BCUT2D eigenvalue weighted by molar-refractivity contribution is 0.0129. The summed E-state index contributed by atoms with van der Waals surface area (Å²) in [6, 6.07) is 6.64. The summed E-state index contributed by atoms with van der Waals surface area (Å²) in [5.41, 5.74) is 0.0340. The second-order valence-electron chi connectivity index (χ2n) is 5.30. The van der Waals surface area contributed by atoms with E-state index >= 15 is 0 Å². The summed E-state index contributed by atoms with van der Waals surface area (Å²) in [7, 11) is 0. The molecule has 8 heteroatoms. The van der Waals surface area contributed by atoms with Gasteiger partial charge in [0.15, 0.2) is 0 Å². The molecule has 3 heterocycles. The van der Waals surface area contributed by atoms with Crippen LogP contribution < -0.4 is 10.1 Å². The van der Waals surface area contributed by atoms with Gasteiger partial charge in [0.05, 0.1) is 29.8 Å². The van der Waals surface area contributed by atoms with Crippen LogP contribution in [-0.2, 0) is 4.74 Å². The number of carbonyl (C=O) groups is 1. The molecule has 2 atom stereocenters. The number of carboxylic acid groups (broad SMARTS) is 1. The Bertz CT molecular complexity index is 714. The zero-order valence-corrected chi connectivity index (χ0v) is 13.4. The smallest absolute Gasteiger partial charge is 0.337 e. The van der Waals surface area contributed by atoms with Gasteiger partial charge in [-0.1, -0.05) is 17.7 Å². The number of pyridine rings is 2. The Morgan fingerprint density at radius 3 is 3.00 bits per heavy atom. The summed E-state index contributed by atoms with van der Waals surface area (Å²) in [6.07, 6.45) is 3.46. The Morgan fingerprint density at radius 1 is 1.42 bits per heavy atom. The molecule has 0 amide bonds. The maximum atomic E-state index is 10.9. The number of carboxylic acids is 1. The van der Waals surface area contributed by atoms with Gasteiger partial charge < -0.3 is 19.9 Å². The number of hydrogen-bond acceptors (Lipinski definition) is 6. The lowest BCUT2D eigenvalue weighted by Crippen LogP contribution is -2.46. The summed E-state index contributed by atoms with van der Waals surface area (Å²) in [5, 5.41) is 12.4. The highest BCUT2D eigenvalue weighted by Gasteiger charge is 2.29. The van der Waals surface area contributed by atoms with Gasteiger partial charge in [0.25, 0.3) is 0 Å². The number of ether oxygens (including phenoxy) is 2. The van der Waals surface area contributed by atoms with E-state index in [1.807, 2.05) is 12.1 Å². The number of anilines is 1. The largest absolute Gasteiger partial charge is 0.478 e. The molecule has 0 aliphatic carbocycles. The summed E-state index contributed by atoms with van der Waals surface area (Å²) in [6.45, 7) is 1.02. The first-order chi connectivity index (χ1) is 11.6. The summed E-state index contributed by atoms with van der Waals surface area (Å²) >= 11 is 6.12. The highest BCUT2D eigenvalue weighted by atomic mass is 35.5. The third-order valence-corrected chi connectivity index (χ3v) is 3.90. The van der Waals surface area contributed by atoms with Crippen molar-refractivity contribution in [3.05, 3.63) is 47.2 Å². The van der Waals surface area contributed by atoms with Crippen molar-refractivity contribution in [1.29, 1.82) is 0 Å². The van der Waals surface area contributed by atoms with Gasteiger partial charge in [-0.05, 0) is 12.1 Å². The lowest BCUT2D eigenvalue weighted by atomic mass is 10.1. The first-order valence-electron chi connectivity index (χ1n) is 7.44. The number of nitrogens with zero attached hydrogens (tertiary/aromatic N) is 2. The maximum absolute atomic E-state index is 10.9. The minimum Gasteiger partial charge on any atom is -0.478 e. The van der Waals surface area contributed by atoms with E-state index in [0.29, 0.717) is 31.3 Å². The van der Waals surface area contributed by atoms with Crippen molar-refractivity contribution in [3.63, 3.8) is 0 Å². The quantitative estimate of drug-likeness (QED) is 0.856. The average molecular weight is 350 g/mol. The van der Waals surface area contributed by atoms with E-state index in [2.05, 4.69) is 15.3 Å². The van der Waals surface area contributed by atoms with E-state index in [9.17, 15) is 4.79 Å². The molecule has 1 aliphatic heterocycles. The van der Waals surface area contributed by atoms with Gasteiger partial charge in [0.1, 0.15) is 11.9 Å². The van der Waals surface area contributed by atoms with Crippen LogP contribution in [0.2, 0.25) is 5.02 Å². The van der Waals surface area contributed by atoms with E-state index in [1.165, 1.54) is 12.3 Å². The Morgan fingerprint density at radius 2 is 2.29 bits per heavy atom. The Hall–Kier alpha value is -2.38. The molecule has 7 nitrogen and oxygen atoms in total. The molecular formula is C16H16ClN3O4. The van der Waals surface area contributed by atoms with Crippen molar-refractivity contribution in [2.75, 3.05) is 18.5 Å². The molecule has 0 aromatic carbocycles. The van der Waals surface area contributed by atoms with Crippen LogP contribution in [0.4, 0.5) is 5.82 Å². The van der Waals surface area contributed by atoms with E-state index in [0.717, 1.165) is 0 Å². The van der Waals surface area contributed by atoms with Crippen molar-refractivity contribution in [3.8, 4) is 5.88 Å². The molecule has 0 saturated carbocycles. The van der Waals surface area contributed by atoms with Gasteiger partial charge in [0, 0.05) is 24.9 Å². The normalized spacial score (nSPS) is 20.4. The van der Waals surface area contributed by atoms with E-state index in [-0.39, 0.29) is 22.7 Å². The minimum atomic E-state index is -1.08. The second-order valence-corrected chi connectivity index (χ2v) is 5.71. The Labute approximate surface area is 143 Å². The average Bonchev–Trinajstić information content (AvgIpc) is 2.59. The van der Waals surface area contributed by atoms with Crippen molar-refractivity contribution >= 4 is 23.4 Å². The SMILES string of the molecule is O=C(O)c1cnc(N[C@@H]2COCC[C@H]2Oc2ccccn2)c(Cl)c1. The van der Waals surface area contributed by atoms with Gasteiger partial charge in [-0.3, -0.25) is 0 Å². The summed E-state index contributed by atoms with van der Waals surface area (Å²) in [5.74, 6) is -0.142. The minimum absolute atomic E-state index is 0.0340. The van der Waals surface area contributed by atoms with Crippen LogP contribution >= 0.6 is 11.6 Å². The number of aromatic carboxylic acids is 1. The molecule has 126 valence electrons. The van der Waals surface area contributed by atoms with Crippen molar-refractivity contribution in [2.45, 2.75) is 18.6 Å². The molecule has 1 fully saturated rings. The fourth-order valence-corrected chi connectivity index (χ4v) is 2.62. The van der Waals surface area contributed by atoms with Crippen LogP contribution in [0.5, 0.6) is 5.88 Å². The fraction of sp³-hybridized carbons (Fsp3) is 0.312. The highest BCUT2D eigenvalue weighted by molar-refractivity contribution is 6.33. The Balaban J connectivity index is 1.73. The predicted octanol–water partition coefficient (Wildman–Crippen LogP) is 2.48. The van der Waals surface area contributed by atoms with Crippen molar-refractivity contribution in [1.82, 2.24) is 9.97 Å². The number of rotatable bonds is 5. The zero-order chi connectivity index (χ0) is 16.9. The molecule has 0 unspecified atom stereocenters. The standard InChI is InChI=1S/C16H16ClN3O4/c17-11-7-10(16(21)22)8-19-15(11)20-12-9-23-6-4-13(12)24-14-3-1-2-5-18-14/h1-3,5,7-8,12-13H,4,6,9H2,(H,19,20)(H,21,22)/t12-,13-/m1/s1. The molecule has 2 aromatic heterocycles. The third-order valence-electron chi connectivity index (χ3n) is 3.61. The topological polar surface area (TPSA) is 93.6 Å². The molecule has 1 aliphatic rings. The second kappa shape index (κ2) is 7.46. The van der Waals surface area contributed by atoms with Crippen LogP contribution in [0.1, 0.15) is 16.8 Å². The fourth-order valence-electron chi connectivity index (χ4n) is 2.40.